The van der Waals surface area contributed by atoms with E-state index in [1.807, 2.05) is 18.2 Å². The van der Waals surface area contributed by atoms with Gasteiger partial charge in [-0.15, -0.1) is 0 Å². The van der Waals surface area contributed by atoms with Gasteiger partial charge in [-0.25, -0.2) is 5.01 Å². The molecule has 0 radical (unpaired) electrons. The summed E-state index contributed by atoms with van der Waals surface area (Å²) in [6.45, 7) is 0.334. The van der Waals surface area contributed by atoms with Crippen molar-refractivity contribution >= 4 is 69.4 Å². The van der Waals surface area contributed by atoms with Crippen molar-refractivity contribution in [3.63, 3.8) is 0 Å². The molecule has 0 aromatic heterocycles. The van der Waals surface area contributed by atoms with Crippen molar-refractivity contribution in [2.75, 3.05) is 5.01 Å². The largest absolute Gasteiger partial charge is 0.488 e. The van der Waals surface area contributed by atoms with Crippen LogP contribution in [0.3, 0.4) is 0 Å². The van der Waals surface area contributed by atoms with Crippen LogP contribution in [0.4, 0.5) is 5.69 Å². The van der Waals surface area contributed by atoms with Gasteiger partial charge in [0.05, 0.1) is 19.3 Å². The second kappa shape index (κ2) is 9.30. The monoisotopic (exact) mass is 564 g/mol. The summed E-state index contributed by atoms with van der Waals surface area (Å²) < 4.78 is 6.72. The lowest BCUT2D eigenvalue weighted by Gasteiger charge is -2.13. The van der Waals surface area contributed by atoms with E-state index in [0.717, 1.165) is 14.7 Å². The first kappa shape index (κ1) is 21.7. The predicted octanol–water partition coefficient (Wildman–Crippen LogP) is 5.64. The Morgan fingerprint density at radius 1 is 0.968 bits per heavy atom. The van der Waals surface area contributed by atoms with Gasteiger partial charge in [-0.1, -0.05) is 53.5 Å². The summed E-state index contributed by atoms with van der Waals surface area (Å²) in [7, 11) is 0. The molecule has 3 aromatic carbocycles. The zero-order chi connectivity index (χ0) is 22.0. The number of nitrogens with one attached hydrogen (secondary N) is 1. The Bertz CT molecular complexity index is 1200. The molecule has 1 N–H and O–H groups in total. The first-order chi connectivity index (χ1) is 14.9. The van der Waals surface area contributed by atoms with Gasteiger partial charge in [-0.3, -0.25) is 15.0 Å². The molecule has 1 saturated heterocycles. The molecule has 0 unspecified atom stereocenters. The molecule has 0 spiro atoms. The van der Waals surface area contributed by atoms with E-state index in [0.29, 0.717) is 28.1 Å². The molecule has 1 heterocycles. The number of ether oxygens (including phenoxy) is 1. The number of halogens is 3. The van der Waals surface area contributed by atoms with E-state index in [2.05, 4.69) is 28.0 Å². The van der Waals surface area contributed by atoms with Gasteiger partial charge in [0.25, 0.3) is 11.8 Å². The average molecular weight is 565 g/mol. The number of carbonyl (C=O) groups is 2. The molecule has 8 heteroatoms. The molecule has 156 valence electrons. The highest BCUT2D eigenvalue weighted by Crippen LogP contribution is 2.27. The summed E-state index contributed by atoms with van der Waals surface area (Å²) in [6.07, 6.45) is 1.57. The van der Waals surface area contributed by atoms with Crippen LogP contribution in [0.1, 0.15) is 11.1 Å². The average Bonchev–Trinajstić information content (AvgIpc) is 3.04. The minimum Gasteiger partial charge on any atom is -0.488 e. The number of hydrazine groups is 1. The Balaban J connectivity index is 1.50. The molecule has 0 saturated carbocycles. The van der Waals surface area contributed by atoms with Crippen LogP contribution in [0.15, 0.2) is 72.3 Å². The second-order valence-corrected chi connectivity index (χ2v) is 8.68. The third kappa shape index (κ3) is 4.87. The second-order valence-electron chi connectivity index (χ2n) is 6.70. The highest BCUT2D eigenvalue weighted by atomic mass is 127. The normalized spacial score (nSPS) is 14.8. The number of hydrogen-bond donors (Lipinski definition) is 1. The van der Waals surface area contributed by atoms with Crippen molar-refractivity contribution in [3.8, 4) is 5.75 Å². The molecule has 0 aliphatic carbocycles. The molecule has 31 heavy (non-hydrogen) atoms. The van der Waals surface area contributed by atoms with Crippen molar-refractivity contribution in [2.24, 2.45) is 0 Å². The molecule has 1 fully saturated rings. The van der Waals surface area contributed by atoms with E-state index >= 15 is 0 Å². The van der Waals surface area contributed by atoms with Crippen LogP contribution in [0.5, 0.6) is 5.75 Å². The molecule has 5 nitrogen and oxygen atoms in total. The van der Waals surface area contributed by atoms with Crippen LogP contribution < -0.4 is 15.2 Å². The van der Waals surface area contributed by atoms with Crippen LogP contribution in [0.25, 0.3) is 6.08 Å². The number of amides is 2. The maximum Gasteiger partial charge on any atom is 0.282 e. The van der Waals surface area contributed by atoms with Gasteiger partial charge in [0, 0.05) is 0 Å². The standard InChI is InChI=1S/C23H15Cl2IN2O3/c24-18-8-6-15(11-19(18)25)13-31-21-9-7-14(12-20(21)26)10-17-22(29)27-28(23(17)30)16-4-2-1-3-5-16/h1-12H,13H2,(H,27,29)/b17-10-. The number of para-hydroxylation sites is 1. The Hall–Kier alpha value is -2.55. The third-order valence-electron chi connectivity index (χ3n) is 4.55. The number of hydrogen-bond acceptors (Lipinski definition) is 3. The van der Waals surface area contributed by atoms with Gasteiger partial charge in [-0.2, -0.15) is 0 Å². The van der Waals surface area contributed by atoms with Crippen molar-refractivity contribution in [3.05, 3.63) is 97.0 Å². The number of anilines is 1. The van der Waals surface area contributed by atoms with Gasteiger partial charge >= 0.3 is 0 Å². The van der Waals surface area contributed by atoms with Crippen LogP contribution in [0, 0.1) is 3.57 Å². The van der Waals surface area contributed by atoms with Crippen molar-refractivity contribution in [1.29, 1.82) is 0 Å². The maximum absolute atomic E-state index is 12.7. The number of nitrogens with zero attached hydrogens (tertiary/aromatic N) is 1. The van der Waals surface area contributed by atoms with Crippen LogP contribution in [-0.2, 0) is 16.2 Å². The lowest BCUT2D eigenvalue weighted by atomic mass is 10.1. The SMILES string of the molecule is O=C1NN(c2ccccc2)C(=O)/C1=C\c1ccc(OCc2ccc(Cl)c(Cl)c2)c(I)c1. The quantitative estimate of drug-likeness (QED) is 0.248. The van der Waals surface area contributed by atoms with E-state index in [4.69, 9.17) is 27.9 Å². The Morgan fingerprint density at radius 2 is 1.74 bits per heavy atom. The number of carbonyl (C=O) groups excluding carboxylic acids is 2. The molecule has 2 amide bonds. The van der Waals surface area contributed by atoms with E-state index in [1.165, 1.54) is 5.01 Å². The minimum absolute atomic E-state index is 0.0733. The first-order valence-electron chi connectivity index (χ1n) is 9.21. The number of benzene rings is 3. The molecule has 0 bridgehead atoms. The van der Waals surface area contributed by atoms with Gasteiger partial charge in [0.1, 0.15) is 17.9 Å². The van der Waals surface area contributed by atoms with Crippen LogP contribution in [0.2, 0.25) is 10.0 Å². The fourth-order valence-electron chi connectivity index (χ4n) is 3.00. The summed E-state index contributed by atoms with van der Waals surface area (Å²) in [6, 6.07) is 19.7. The smallest absolute Gasteiger partial charge is 0.282 e. The van der Waals surface area contributed by atoms with Crippen molar-refractivity contribution in [2.45, 2.75) is 6.61 Å². The predicted molar refractivity (Wildman–Crippen MR) is 130 cm³/mol. The Morgan fingerprint density at radius 3 is 2.45 bits per heavy atom. The Kier molecular flexibility index (Phi) is 6.50. The summed E-state index contributed by atoms with van der Waals surface area (Å²) >= 11 is 14.1. The summed E-state index contributed by atoms with van der Waals surface area (Å²) in [5, 5.41) is 2.21. The lowest BCUT2D eigenvalue weighted by molar-refractivity contribution is -0.117. The van der Waals surface area contributed by atoms with Crippen LogP contribution >= 0.6 is 45.8 Å². The van der Waals surface area contributed by atoms with Crippen molar-refractivity contribution in [1.82, 2.24) is 5.43 Å². The van der Waals surface area contributed by atoms with Gasteiger partial charge < -0.3 is 4.74 Å². The molecule has 3 aromatic rings. The minimum atomic E-state index is -0.441. The number of rotatable bonds is 5. The van der Waals surface area contributed by atoms with E-state index in [9.17, 15) is 9.59 Å². The molecule has 1 aliphatic heterocycles. The van der Waals surface area contributed by atoms with Crippen molar-refractivity contribution < 1.29 is 14.3 Å². The maximum atomic E-state index is 12.7. The van der Waals surface area contributed by atoms with Gasteiger partial charge in [0.2, 0.25) is 0 Å². The fourth-order valence-corrected chi connectivity index (χ4v) is 4.01. The molecule has 4 rings (SSSR count). The third-order valence-corrected chi connectivity index (χ3v) is 6.13. The summed E-state index contributed by atoms with van der Waals surface area (Å²) in [4.78, 5) is 25.1. The zero-order valence-corrected chi connectivity index (χ0v) is 19.6. The van der Waals surface area contributed by atoms with Crippen LogP contribution in [-0.4, -0.2) is 11.8 Å². The lowest BCUT2D eigenvalue weighted by Crippen LogP contribution is -2.35. The summed E-state index contributed by atoms with van der Waals surface area (Å²) in [5.74, 6) is -0.156. The first-order valence-corrected chi connectivity index (χ1v) is 11.0. The topological polar surface area (TPSA) is 58.6 Å². The molecular formula is C23H15Cl2IN2O3. The van der Waals surface area contributed by atoms with Gasteiger partial charge in [0.15, 0.2) is 0 Å². The fraction of sp³-hybridized carbons (Fsp3) is 0.0435. The van der Waals surface area contributed by atoms with E-state index < -0.39 is 11.8 Å². The van der Waals surface area contributed by atoms with E-state index in [-0.39, 0.29) is 5.57 Å². The summed E-state index contributed by atoms with van der Waals surface area (Å²) in [5.41, 5.74) is 4.88. The highest BCUT2D eigenvalue weighted by molar-refractivity contribution is 14.1. The molecule has 1 aliphatic rings. The highest BCUT2D eigenvalue weighted by Gasteiger charge is 2.34. The zero-order valence-electron chi connectivity index (χ0n) is 15.9. The Labute approximate surface area is 202 Å². The van der Waals surface area contributed by atoms with Gasteiger partial charge in [-0.05, 0) is 76.2 Å². The molecule has 0 atom stereocenters. The molecular weight excluding hydrogens is 550 g/mol. The van der Waals surface area contributed by atoms with E-state index in [1.54, 1.807) is 54.6 Å².